The first kappa shape index (κ1) is 24.7. The first-order chi connectivity index (χ1) is 16.8. The average Bonchev–Trinajstić information content (AvgIpc) is 3.45. The summed E-state index contributed by atoms with van der Waals surface area (Å²) in [7, 11) is 1.68. The number of rotatable bonds is 7. The molecule has 2 aromatic carbocycles. The molecule has 0 aliphatic heterocycles. The van der Waals surface area contributed by atoms with E-state index < -0.39 is 6.03 Å². The van der Waals surface area contributed by atoms with E-state index in [-0.39, 0.29) is 19.0 Å². The Morgan fingerprint density at radius 3 is 2.63 bits per heavy atom. The first-order valence-corrected chi connectivity index (χ1v) is 12.2. The Labute approximate surface area is 215 Å². The second-order valence-corrected chi connectivity index (χ2v) is 9.37. The summed E-state index contributed by atoms with van der Waals surface area (Å²) in [6.45, 7) is 2.26. The lowest BCUT2D eigenvalue weighted by molar-refractivity contribution is 0.0783. The molecule has 8 nitrogen and oxygen atoms in total. The molecule has 4 aromatic rings. The van der Waals surface area contributed by atoms with Gasteiger partial charge in [0.15, 0.2) is 10.9 Å². The molecule has 0 saturated carbocycles. The summed E-state index contributed by atoms with van der Waals surface area (Å²) >= 11 is 13.2. The van der Waals surface area contributed by atoms with Gasteiger partial charge in [-0.3, -0.25) is 10.1 Å². The van der Waals surface area contributed by atoms with Crippen molar-refractivity contribution in [1.29, 1.82) is 0 Å². The maximum Gasteiger partial charge on any atom is 0.321 e. The number of nitrogens with zero attached hydrogens (tertiary/aromatic N) is 3. The second kappa shape index (κ2) is 10.9. The summed E-state index contributed by atoms with van der Waals surface area (Å²) in [6.07, 6.45) is 0. The maximum absolute atomic E-state index is 13.2. The highest BCUT2D eigenvalue weighted by atomic mass is 35.5. The van der Waals surface area contributed by atoms with Crippen molar-refractivity contribution < 1.29 is 14.1 Å². The standard InChI is InChI=1S/C24H21Cl2N5O3S/c1-14-20(21(34-30-14)16-6-4-3-5-7-16)22(32)31(2)12-17-13-35-24(28-17)29-23(33)27-11-15-8-9-18(25)19(26)10-15/h3-10,13H,11-12H2,1-2H3,(H2,27,28,29,33). The van der Waals surface area contributed by atoms with E-state index in [0.29, 0.717) is 37.9 Å². The van der Waals surface area contributed by atoms with E-state index in [2.05, 4.69) is 20.8 Å². The molecule has 4 rings (SSSR count). The van der Waals surface area contributed by atoms with E-state index in [9.17, 15) is 9.59 Å². The molecule has 2 N–H and O–H groups in total. The molecule has 0 atom stereocenters. The van der Waals surface area contributed by atoms with Gasteiger partial charge in [-0.2, -0.15) is 0 Å². The smallest absolute Gasteiger partial charge is 0.321 e. The van der Waals surface area contributed by atoms with Crippen molar-refractivity contribution in [2.45, 2.75) is 20.0 Å². The zero-order chi connectivity index (χ0) is 24.9. The Bertz CT molecular complexity index is 1360. The van der Waals surface area contributed by atoms with Gasteiger partial charge in [0.1, 0.15) is 5.56 Å². The number of halogens is 2. The fourth-order valence-corrected chi connectivity index (χ4v) is 4.34. The van der Waals surface area contributed by atoms with Crippen molar-refractivity contribution in [2.24, 2.45) is 0 Å². The van der Waals surface area contributed by atoms with Crippen LogP contribution in [0, 0.1) is 6.92 Å². The van der Waals surface area contributed by atoms with Crippen LogP contribution in [-0.4, -0.2) is 34.0 Å². The number of hydrogen-bond donors (Lipinski definition) is 2. The predicted molar refractivity (Wildman–Crippen MR) is 137 cm³/mol. The minimum Gasteiger partial charge on any atom is -0.355 e. The van der Waals surface area contributed by atoms with Gasteiger partial charge in [0.05, 0.1) is 28.0 Å². The Morgan fingerprint density at radius 1 is 1.11 bits per heavy atom. The van der Waals surface area contributed by atoms with Crippen LogP contribution < -0.4 is 10.6 Å². The molecule has 0 bridgehead atoms. The van der Waals surface area contributed by atoms with Crippen LogP contribution in [0.3, 0.4) is 0 Å². The predicted octanol–water partition coefficient (Wildman–Crippen LogP) is 6.01. The number of benzene rings is 2. The van der Waals surface area contributed by atoms with Crippen molar-refractivity contribution >= 4 is 51.6 Å². The minimum atomic E-state index is -0.408. The lowest BCUT2D eigenvalue weighted by atomic mass is 10.1. The third-order valence-corrected chi connectivity index (χ3v) is 6.61. The molecule has 180 valence electrons. The van der Waals surface area contributed by atoms with E-state index in [0.717, 1.165) is 11.1 Å². The third-order valence-electron chi connectivity index (χ3n) is 5.07. The molecule has 11 heteroatoms. The van der Waals surface area contributed by atoms with Gasteiger partial charge in [0.2, 0.25) is 0 Å². The number of thiazole rings is 1. The molecule has 2 aromatic heterocycles. The van der Waals surface area contributed by atoms with Crippen LogP contribution in [0.1, 0.15) is 27.3 Å². The topological polar surface area (TPSA) is 100 Å². The summed E-state index contributed by atoms with van der Waals surface area (Å²) in [5, 5.41) is 12.5. The van der Waals surface area contributed by atoms with Gasteiger partial charge in [0, 0.05) is 24.5 Å². The number of aromatic nitrogens is 2. The van der Waals surface area contributed by atoms with Gasteiger partial charge in [-0.25, -0.2) is 9.78 Å². The molecule has 0 spiro atoms. The number of carbonyl (C=O) groups excluding carboxylic acids is 2. The molecular weight excluding hydrogens is 509 g/mol. The summed E-state index contributed by atoms with van der Waals surface area (Å²) in [5.41, 5.74) is 3.15. The highest BCUT2D eigenvalue weighted by Crippen LogP contribution is 2.28. The molecule has 35 heavy (non-hydrogen) atoms. The van der Waals surface area contributed by atoms with Gasteiger partial charge < -0.3 is 14.7 Å². The molecule has 0 aliphatic rings. The summed E-state index contributed by atoms with van der Waals surface area (Å²) in [5.74, 6) is 0.198. The van der Waals surface area contributed by atoms with Crippen LogP contribution in [0.25, 0.3) is 11.3 Å². The van der Waals surface area contributed by atoms with Crippen molar-refractivity contribution in [3.05, 3.63) is 86.5 Å². The average molecular weight is 530 g/mol. The van der Waals surface area contributed by atoms with Gasteiger partial charge in [-0.05, 0) is 24.6 Å². The highest BCUT2D eigenvalue weighted by Gasteiger charge is 2.25. The molecule has 0 saturated heterocycles. The third kappa shape index (κ3) is 6.00. The van der Waals surface area contributed by atoms with Crippen LogP contribution in [0.2, 0.25) is 10.0 Å². The quantitative estimate of drug-likeness (QED) is 0.305. The fourth-order valence-electron chi connectivity index (χ4n) is 3.32. The summed E-state index contributed by atoms with van der Waals surface area (Å²) in [6, 6.07) is 14.1. The number of carbonyl (C=O) groups is 2. The van der Waals surface area contributed by atoms with E-state index >= 15 is 0 Å². The monoisotopic (exact) mass is 529 g/mol. The summed E-state index contributed by atoms with van der Waals surface area (Å²) in [4.78, 5) is 31.4. The van der Waals surface area contributed by atoms with Crippen LogP contribution >= 0.6 is 34.5 Å². The summed E-state index contributed by atoms with van der Waals surface area (Å²) < 4.78 is 5.44. The fraction of sp³-hybridized carbons (Fsp3) is 0.167. The van der Waals surface area contributed by atoms with Gasteiger partial charge in [-0.1, -0.05) is 64.8 Å². The van der Waals surface area contributed by atoms with Crippen molar-refractivity contribution in [3.8, 4) is 11.3 Å². The van der Waals surface area contributed by atoms with E-state index in [4.69, 9.17) is 27.7 Å². The zero-order valence-electron chi connectivity index (χ0n) is 18.8. The Hall–Kier alpha value is -3.40. The number of hydrogen-bond acceptors (Lipinski definition) is 6. The molecule has 0 aliphatic carbocycles. The van der Waals surface area contributed by atoms with Crippen LogP contribution in [0.4, 0.5) is 9.93 Å². The van der Waals surface area contributed by atoms with Crippen molar-refractivity contribution in [1.82, 2.24) is 20.4 Å². The molecule has 3 amide bonds. The molecule has 2 heterocycles. The van der Waals surface area contributed by atoms with Crippen LogP contribution in [0.15, 0.2) is 58.4 Å². The van der Waals surface area contributed by atoms with Crippen molar-refractivity contribution in [3.63, 3.8) is 0 Å². The minimum absolute atomic E-state index is 0.232. The van der Waals surface area contributed by atoms with E-state index in [1.807, 2.05) is 30.3 Å². The van der Waals surface area contributed by atoms with Gasteiger partial charge >= 0.3 is 6.03 Å². The SMILES string of the molecule is Cc1noc(-c2ccccc2)c1C(=O)N(C)Cc1csc(NC(=O)NCc2ccc(Cl)c(Cl)c2)n1. The number of amides is 3. The van der Waals surface area contributed by atoms with Crippen LogP contribution in [-0.2, 0) is 13.1 Å². The van der Waals surface area contributed by atoms with Crippen LogP contribution in [0.5, 0.6) is 0 Å². The first-order valence-electron chi connectivity index (χ1n) is 10.5. The normalized spacial score (nSPS) is 10.7. The molecule has 0 radical (unpaired) electrons. The second-order valence-electron chi connectivity index (χ2n) is 7.70. The van der Waals surface area contributed by atoms with Gasteiger partial charge in [-0.15, -0.1) is 11.3 Å². The zero-order valence-corrected chi connectivity index (χ0v) is 21.2. The van der Waals surface area contributed by atoms with Gasteiger partial charge in [0.25, 0.3) is 5.91 Å². The lowest BCUT2D eigenvalue weighted by Crippen LogP contribution is -2.28. The number of urea groups is 1. The van der Waals surface area contributed by atoms with E-state index in [1.165, 1.54) is 16.2 Å². The highest BCUT2D eigenvalue weighted by molar-refractivity contribution is 7.13. The van der Waals surface area contributed by atoms with Crippen molar-refractivity contribution in [2.75, 3.05) is 12.4 Å². The number of aryl methyl sites for hydroxylation is 1. The number of nitrogens with one attached hydrogen (secondary N) is 2. The van der Waals surface area contributed by atoms with E-state index in [1.54, 1.807) is 37.6 Å². The largest absolute Gasteiger partial charge is 0.355 e. The molecule has 0 unspecified atom stereocenters. The maximum atomic E-state index is 13.2. The Balaban J connectivity index is 1.36. The molecule has 0 fully saturated rings. The lowest BCUT2D eigenvalue weighted by Gasteiger charge is -2.16. The Morgan fingerprint density at radius 2 is 1.89 bits per heavy atom. The molecular formula is C24H21Cl2N5O3S. The Kier molecular flexibility index (Phi) is 7.70. The number of anilines is 1.